The van der Waals surface area contributed by atoms with Crippen molar-refractivity contribution >= 4 is 5.91 Å². The number of rotatable bonds is 1. The minimum atomic E-state index is 0.126. The first kappa shape index (κ1) is 11.2. The summed E-state index contributed by atoms with van der Waals surface area (Å²) in [4.78, 5) is 14.3. The quantitative estimate of drug-likeness (QED) is 0.730. The standard InChI is InChI=1S/C13H19NO2/c1-9-6-4-5-7-14(9)13(15)12-8-10(2)16-11(12)3/h8-9H,4-7H2,1-3H3. The van der Waals surface area contributed by atoms with Crippen molar-refractivity contribution in [3.05, 3.63) is 23.2 Å². The third kappa shape index (κ3) is 1.99. The highest BCUT2D eigenvalue weighted by Gasteiger charge is 2.26. The Hall–Kier alpha value is -1.25. The van der Waals surface area contributed by atoms with Crippen LogP contribution in [0.25, 0.3) is 0 Å². The number of hydrogen-bond acceptors (Lipinski definition) is 2. The number of amides is 1. The molecule has 0 radical (unpaired) electrons. The van der Waals surface area contributed by atoms with E-state index in [4.69, 9.17) is 4.42 Å². The molecule has 1 amide bonds. The molecule has 1 saturated heterocycles. The van der Waals surface area contributed by atoms with Crippen molar-refractivity contribution in [1.29, 1.82) is 0 Å². The van der Waals surface area contributed by atoms with Crippen LogP contribution in [0.3, 0.4) is 0 Å². The Kier molecular flexibility index (Phi) is 3.03. The summed E-state index contributed by atoms with van der Waals surface area (Å²) in [6, 6.07) is 2.20. The summed E-state index contributed by atoms with van der Waals surface area (Å²) in [6.45, 7) is 6.74. The Bertz CT molecular complexity index is 395. The van der Waals surface area contributed by atoms with Gasteiger partial charge in [0.15, 0.2) is 0 Å². The maximum absolute atomic E-state index is 12.3. The third-order valence-electron chi connectivity index (χ3n) is 3.34. The van der Waals surface area contributed by atoms with E-state index in [1.54, 1.807) is 0 Å². The Labute approximate surface area is 96.4 Å². The predicted molar refractivity (Wildman–Crippen MR) is 62.5 cm³/mol. The molecule has 88 valence electrons. The number of carbonyl (C=O) groups excluding carboxylic acids is 1. The highest BCUT2D eigenvalue weighted by Crippen LogP contribution is 2.22. The fourth-order valence-corrected chi connectivity index (χ4v) is 2.40. The largest absolute Gasteiger partial charge is 0.466 e. The van der Waals surface area contributed by atoms with Gasteiger partial charge >= 0.3 is 0 Å². The molecule has 2 heterocycles. The van der Waals surface area contributed by atoms with Crippen molar-refractivity contribution < 1.29 is 9.21 Å². The minimum Gasteiger partial charge on any atom is -0.466 e. The van der Waals surface area contributed by atoms with Crippen molar-refractivity contribution in [3.63, 3.8) is 0 Å². The summed E-state index contributed by atoms with van der Waals surface area (Å²) in [5.41, 5.74) is 0.728. The van der Waals surface area contributed by atoms with Crippen LogP contribution in [0.15, 0.2) is 10.5 Å². The van der Waals surface area contributed by atoms with Gasteiger partial charge in [-0.3, -0.25) is 4.79 Å². The number of furan rings is 1. The van der Waals surface area contributed by atoms with E-state index in [0.717, 1.165) is 36.5 Å². The number of aryl methyl sites for hydroxylation is 2. The van der Waals surface area contributed by atoms with Gasteiger partial charge < -0.3 is 9.32 Å². The van der Waals surface area contributed by atoms with Gasteiger partial charge in [0.05, 0.1) is 5.56 Å². The van der Waals surface area contributed by atoms with Crippen LogP contribution in [-0.4, -0.2) is 23.4 Å². The summed E-state index contributed by atoms with van der Waals surface area (Å²) in [7, 11) is 0. The van der Waals surface area contributed by atoms with Gasteiger partial charge in [0.25, 0.3) is 5.91 Å². The zero-order valence-electron chi connectivity index (χ0n) is 10.2. The van der Waals surface area contributed by atoms with E-state index < -0.39 is 0 Å². The average molecular weight is 221 g/mol. The lowest BCUT2D eigenvalue weighted by Gasteiger charge is -2.33. The fourth-order valence-electron chi connectivity index (χ4n) is 2.40. The smallest absolute Gasteiger partial charge is 0.257 e. The van der Waals surface area contributed by atoms with Crippen LogP contribution >= 0.6 is 0 Å². The van der Waals surface area contributed by atoms with E-state index in [0.29, 0.717) is 6.04 Å². The first-order chi connectivity index (χ1) is 7.59. The molecule has 0 N–H and O–H groups in total. The van der Waals surface area contributed by atoms with E-state index in [-0.39, 0.29) is 5.91 Å². The lowest BCUT2D eigenvalue weighted by molar-refractivity contribution is 0.0634. The van der Waals surface area contributed by atoms with Crippen LogP contribution in [0.4, 0.5) is 0 Å². The van der Waals surface area contributed by atoms with E-state index >= 15 is 0 Å². The van der Waals surface area contributed by atoms with Gasteiger partial charge in [0.2, 0.25) is 0 Å². The van der Waals surface area contributed by atoms with E-state index in [1.807, 2.05) is 24.8 Å². The Morgan fingerprint density at radius 2 is 2.19 bits per heavy atom. The second kappa shape index (κ2) is 4.32. The van der Waals surface area contributed by atoms with Crippen molar-refractivity contribution in [3.8, 4) is 0 Å². The molecule has 3 heteroatoms. The number of nitrogens with zero attached hydrogens (tertiary/aromatic N) is 1. The highest BCUT2D eigenvalue weighted by atomic mass is 16.3. The first-order valence-electron chi connectivity index (χ1n) is 5.97. The monoisotopic (exact) mass is 221 g/mol. The lowest BCUT2D eigenvalue weighted by Crippen LogP contribution is -2.42. The summed E-state index contributed by atoms with van der Waals surface area (Å²) in [5, 5.41) is 0. The number of piperidine rings is 1. The van der Waals surface area contributed by atoms with E-state index in [2.05, 4.69) is 6.92 Å². The summed E-state index contributed by atoms with van der Waals surface area (Å²) >= 11 is 0. The van der Waals surface area contributed by atoms with Gasteiger partial charge in [-0.05, 0) is 46.1 Å². The molecule has 3 nitrogen and oxygen atoms in total. The second-order valence-electron chi connectivity index (χ2n) is 4.67. The number of hydrogen-bond donors (Lipinski definition) is 0. The van der Waals surface area contributed by atoms with Crippen molar-refractivity contribution in [2.75, 3.05) is 6.54 Å². The van der Waals surface area contributed by atoms with Crippen molar-refractivity contribution in [2.24, 2.45) is 0 Å². The van der Waals surface area contributed by atoms with Crippen LogP contribution in [0.1, 0.15) is 48.1 Å². The van der Waals surface area contributed by atoms with E-state index in [1.165, 1.54) is 6.42 Å². The Morgan fingerprint density at radius 3 is 2.75 bits per heavy atom. The molecule has 1 aromatic rings. The summed E-state index contributed by atoms with van der Waals surface area (Å²) in [5.74, 6) is 1.67. The van der Waals surface area contributed by atoms with Crippen LogP contribution in [-0.2, 0) is 0 Å². The topological polar surface area (TPSA) is 33.5 Å². The molecule has 1 aromatic heterocycles. The first-order valence-corrected chi connectivity index (χ1v) is 5.97. The van der Waals surface area contributed by atoms with Gasteiger partial charge in [0.1, 0.15) is 11.5 Å². The normalized spacial score (nSPS) is 21.2. The molecular weight excluding hydrogens is 202 g/mol. The van der Waals surface area contributed by atoms with Gasteiger partial charge in [-0.15, -0.1) is 0 Å². The fraction of sp³-hybridized carbons (Fsp3) is 0.615. The SMILES string of the molecule is Cc1cc(C(=O)N2CCCCC2C)c(C)o1. The molecule has 1 aliphatic heterocycles. The van der Waals surface area contributed by atoms with Crippen LogP contribution < -0.4 is 0 Å². The maximum Gasteiger partial charge on any atom is 0.257 e. The molecule has 1 fully saturated rings. The van der Waals surface area contributed by atoms with Gasteiger partial charge in [-0.1, -0.05) is 0 Å². The zero-order valence-corrected chi connectivity index (χ0v) is 10.2. The molecule has 0 saturated carbocycles. The maximum atomic E-state index is 12.3. The Balaban J connectivity index is 2.21. The second-order valence-corrected chi connectivity index (χ2v) is 4.67. The number of carbonyl (C=O) groups is 1. The molecule has 0 bridgehead atoms. The lowest BCUT2D eigenvalue weighted by atomic mass is 10.0. The summed E-state index contributed by atoms with van der Waals surface area (Å²) in [6.07, 6.45) is 3.46. The molecule has 1 aliphatic rings. The highest BCUT2D eigenvalue weighted by molar-refractivity contribution is 5.95. The minimum absolute atomic E-state index is 0.126. The van der Waals surface area contributed by atoms with Gasteiger partial charge in [0, 0.05) is 12.6 Å². The molecular formula is C13H19NO2. The van der Waals surface area contributed by atoms with Gasteiger partial charge in [-0.25, -0.2) is 0 Å². The van der Waals surface area contributed by atoms with Crippen molar-refractivity contribution in [1.82, 2.24) is 4.90 Å². The third-order valence-corrected chi connectivity index (χ3v) is 3.34. The molecule has 1 atom stereocenters. The molecule has 0 spiro atoms. The molecule has 16 heavy (non-hydrogen) atoms. The van der Waals surface area contributed by atoms with E-state index in [9.17, 15) is 4.79 Å². The Morgan fingerprint density at radius 1 is 1.44 bits per heavy atom. The predicted octanol–water partition coefficient (Wildman–Crippen LogP) is 2.91. The molecule has 2 rings (SSSR count). The molecule has 0 aromatic carbocycles. The summed E-state index contributed by atoms with van der Waals surface area (Å²) < 4.78 is 5.41. The van der Waals surface area contributed by atoms with Crippen LogP contribution in [0, 0.1) is 13.8 Å². The number of likely N-dealkylation sites (tertiary alicyclic amines) is 1. The van der Waals surface area contributed by atoms with Crippen LogP contribution in [0.5, 0.6) is 0 Å². The van der Waals surface area contributed by atoms with Crippen LogP contribution in [0.2, 0.25) is 0 Å². The van der Waals surface area contributed by atoms with Gasteiger partial charge in [-0.2, -0.15) is 0 Å². The molecule has 1 unspecified atom stereocenters. The van der Waals surface area contributed by atoms with Crippen molar-refractivity contribution in [2.45, 2.75) is 46.1 Å². The zero-order chi connectivity index (χ0) is 11.7. The molecule has 0 aliphatic carbocycles. The average Bonchev–Trinajstić information content (AvgIpc) is 2.58.